The molecule has 0 radical (unpaired) electrons. The number of aliphatic imine (C=N–C) groups is 1. The van der Waals surface area contributed by atoms with Crippen LogP contribution in [0.1, 0.15) is 36.8 Å². The molecule has 1 atom stereocenters. The van der Waals surface area contributed by atoms with E-state index in [1.165, 1.54) is 0 Å². The topological polar surface area (TPSA) is 82.2 Å². The predicted octanol–water partition coefficient (Wildman–Crippen LogP) is 2.79. The van der Waals surface area contributed by atoms with Crippen LogP contribution >= 0.6 is 11.3 Å². The highest BCUT2D eigenvalue weighted by Gasteiger charge is 2.48. The molecule has 7 heteroatoms. The van der Waals surface area contributed by atoms with Crippen LogP contribution in [-0.2, 0) is 16.9 Å². The Labute approximate surface area is 182 Å². The maximum atomic E-state index is 13.6. The maximum absolute atomic E-state index is 13.6. The lowest BCUT2D eigenvalue weighted by molar-refractivity contribution is -0.160. The molecule has 1 amide bonds. The number of nitrogens with zero attached hydrogens (tertiary/aromatic N) is 3. The van der Waals surface area contributed by atoms with E-state index in [0.717, 1.165) is 31.2 Å². The average Bonchev–Trinajstić information content (AvgIpc) is 3.52. The molecular formula is C23H30N4O2S. The number of piperazine rings is 1. The second kappa shape index (κ2) is 9.18. The molecule has 4 rings (SSSR count). The van der Waals surface area contributed by atoms with Gasteiger partial charge in [0, 0.05) is 32.1 Å². The largest absolute Gasteiger partial charge is 0.375 e. The van der Waals surface area contributed by atoms with Crippen molar-refractivity contribution in [3.63, 3.8) is 0 Å². The lowest BCUT2D eigenvalue weighted by Crippen LogP contribution is -2.58. The quantitative estimate of drug-likeness (QED) is 0.569. The number of aliphatic hydroxyl groups is 1. The zero-order valence-corrected chi connectivity index (χ0v) is 18.1. The van der Waals surface area contributed by atoms with Gasteiger partial charge in [0.2, 0.25) is 0 Å². The summed E-state index contributed by atoms with van der Waals surface area (Å²) < 4.78 is 0. The summed E-state index contributed by atoms with van der Waals surface area (Å²) in [7, 11) is 0. The number of guanidine groups is 1. The number of benzene rings is 1. The van der Waals surface area contributed by atoms with Gasteiger partial charge in [0.05, 0.1) is 6.54 Å². The van der Waals surface area contributed by atoms with Gasteiger partial charge >= 0.3 is 0 Å². The van der Waals surface area contributed by atoms with E-state index in [-0.39, 0.29) is 11.8 Å². The molecule has 1 aromatic heterocycles. The van der Waals surface area contributed by atoms with Crippen LogP contribution < -0.4 is 5.73 Å². The van der Waals surface area contributed by atoms with E-state index in [2.05, 4.69) is 10.4 Å². The van der Waals surface area contributed by atoms with E-state index in [1.807, 2.05) is 46.7 Å². The molecule has 0 spiro atoms. The van der Waals surface area contributed by atoms with Crippen LogP contribution in [0, 0.1) is 5.92 Å². The standard InChI is InChI=1S/C23H30N4O2S/c24-22(25-16-18-10-15-30-17-18)27-13-11-26(12-14-27)21(28)23(29,20-8-4-5-9-20)19-6-2-1-3-7-19/h1-3,6-7,10,15,17,20,29H,4-5,8-9,11-14,16H2,(H2,24,25)/t23-/m0/s1. The zero-order valence-electron chi connectivity index (χ0n) is 17.2. The Hall–Kier alpha value is -2.38. The molecule has 2 fully saturated rings. The van der Waals surface area contributed by atoms with Gasteiger partial charge in [-0.25, -0.2) is 4.99 Å². The van der Waals surface area contributed by atoms with Crippen LogP contribution in [0.15, 0.2) is 52.2 Å². The number of rotatable bonds is 5. The maximum Gasteiger partial charge on any atom is 0.259 e. The van der Waals surface area contributed by atoms with Crippen molar-refractivity contribution in [2.75, 3.05) is 26.2 Å². The minimum atomic E-state index is -1.45. The summed E-state index contributed by atoms with van der Waals surface area (Å²) in [6.07, 6.45) is 3.91. The highest BCUT2D eigenvalue weighted by atomic mass is 32.1. The van der Waals surface area contributed by atoms with Crippen LogP contribution in [0.4, 0.5) is 0 Å². The fraction of sp³-hybridized carbons (Fsp3) is 0.478. The SMILES string of the molecule is NC(=NCc1ccsc1)N1CCN(C(=O)[C@](O)(c2ccccc2)C2CCCC2)CC1. The summed E-state index contributed by atoms with van der Waals surface area (Å²) in [5.74, 6) is 0.319. The number of hydrogen-bond donors (Lipinski definition) is 2. The Morgan fingerprint density at radius 1 is 1.10 bits per heavy atom. The van der Waals surface area contributed by atoms with Gasteiger partial charge < -0.3 is 20.6 Å². The molecule has 0 unspecified atom stereocenters. The number of thiophene rings is 1. The number of nitrogens with two attached hydrogens (primary N) is 1. The van der Waals surface area contributed by atoms with Gasteiger partial charge in [0.15, 0.2) is 11.6 Å². The molecular weight excluding hydrogens is 396 g/mol. The van der Waals surface area contributed by atoms with Crippen molar-refractivity contribution in [1.82, 2.24) is 9.80 Å². The Morgan fingerprint density at radius 3 is 2.40 bits per heavy atom. The van der Waals surface area contributed by atoms with Crippen LogP contribution in [0.5, 0.6) is 0 Å². The summed E-state index contributed by atoms with van der Waals surface area (Å²) in [6.45, 7) is 2.90. The molecule has 2 aliphatic rings. The second-order valence-electron chi connectivity index (χ2n) is 8.20. The predicted molar refractivity (Wildman–Crippen MR) is 120 cm³/mol. The number of amides is 1. The van der Waals surface area contributed by atoms with Crippen molar-refractivity contribution in [1.29, 1.82) is 0 Å². The van der Waals surface area contributed by atoms with Gasteiger partial charge in [-0.15, -0.1) is 0 Å². The molecule has 1 saturated heterocycles. The van der Waals surface area contributed by atoms with Crippen molar-refractivity contribution in [3.05, 3.63) is 58.3 Å². The van der Waals surface area contributed by atoms with Gasteiger partial charge in [-0.05, 0) is 40.8 Å². The molecule has 3 N–H and O–H groups in total. The number of carbonyl (C=O) groups is 1. The molecule has 1 aromatic carbocycles. The molecule has 1 saturated carbocycles. The Bertz CT molecular complexity index is 857. The van der Waals surface area contributed by atoms with Crippen molar-refractivity contribution < 1.29 is 9.90 Å². The van der Waals surface area contributed by atoms with Crippen molar-refractivity contribution in [2.45, 2.75) is 37.8 Å². The van der Waals surface area contributed by atoms with Crippen molar-refractivity contribution in [2.24, 2.45) is 16.6 Å². The molecule has 6 nitrogen and oxygen atoms in total. The van der Waals surface area contributed by atoms with Crippen LogP contribution in [0.3, 0.4) is 0 Å². The molecule has 160 valence electrons. The summed E-state index contributed by atoms with van der Waals surface area (Å²) in [6, 6.07) is 11.5. The summed E-state index contributed by atoms with van der Waals surface area (Å²) in [4.78, 5) is 21.9. The van der Waals surface area contributed by atoms with Crippen LogP contribution in [0.2, 0.25) is 0 Å². The highest BCUT2D eigenvalue weighted by molar-refractivity contribution is 7.07. The lowest BCUT2D eigenvalue weighted by atomic mass is 9.79. The first-order valence-corrected chi connectivity index (χ1v) is 11.7. The van der Waals surface area contributed by atoms with Gasteiger partial charge in [-0.2, -0.15) is 11.3 Å². The van der Waals surface area contributed by atoms with E-state index in [0.29, 0.717) is 44.2 Å². The normalized spacial score (nSPS) is 20.4. The Kier molecular flexibility index (Phi) is 6.39. The number of carbonyl (C=O) groups excluding carboxylic acids is 1. The molecule has 30 heavy (non-hydrogen) atoms. The monoisotopic (exact) mass is 426 g/mol. The molecule has 2 heterocycles. The van der Waals surface area contributed by atoms with E-state index < -0.39 is 5.60 Å². The number of hydrogen-bond acceptors (Lipinski definition) is 4. The summed E-state index contributed by atoms with van der Waals surface area (Å²) >= 11 is 1.65. The zero-order chi connectivity index (χ0) is 21.0. The summed E-state index contributed by atoms with van der Waals surface area (Å²) in [5.41, 5.74) is 6.61. The van der Waals surface area contributed by atoms with Gasteiger partial charge in [0.25, 0.3) is 5.91 Å². The smallest absolute Gasteiger partial charge is 0.259 e. The lowest BCUT2D eigenvalue weighted by Gasteiger charge is -2.41. The molecule has 1 aliphatic carbocycles. The minimum absolute atomic E-state index is 0.0253. The Balaban J connectivity index is 1.43. The average molecular weight is 427 g/mol. The fourth-order valence-electron chi connectivity index (χ4n) is 4.60. The van der Waals surface area contributed by atoms with Crippen LogP contribution in [0.25, 0.3) is 0 Å². The van der Waals surface area contributed by atoms with E-state index in [4.69, 9.17) is 5.73 Å². The third-order valence-corrected chi connectivity index (χ3v) is 7.11. The van der Waals surface area contributed by atoms with Gasteiger partial charge in [0.1, 0.15) is 0 Å². The highest BCUT2D eigenvalue weighted by Crippen LogP contribution is 2.42. The molecule has 1 aliphatic heterocycles. The van der Waals surface area contributed by atoms with Crippen molar-refractivity contribution >= 4 is 23.2 Å². The van der Waals surface area contributed by atoms with Gasteiger partial charge in [-0.3, -0.25) is 4.79 Å². The third kappa shape index (κ3) is 4.23. The van der Waals surface area contributed by atoms with Crippen molar-refractivity contribution in [3.8, 4) is 0 Å². The summed E-state index contributed by atoms with van der Waals surface area (Å²) in [5, 5.41) is 15.8. The fourth-order valence-corrected chi connectivity index (χ4v) is 5.26. The van der Waals surface area contributed by atoms with E-state index >= 15 is 0 Å². The first-order valence-electron chi connectivity index (χ1n) is 10.7. The first-order chi connectivity index (χ1) is 14.6. The van der Waals surface area contributed by atoms with Gasteiger partial charge in [-0.1, -0.05) is 43.2 Å². The first kappa shape index (κ1) is 20.9. The van der Waals surface area contributed by atoms with Crippen LogP contribution in [-0.4, -0.2) is 53.0 Å². The third-order valence-electron chi connectivity index (χ3n) is 6.38. The molecule has 2 aromatic rings. The van der Waals surface area contributed by atoms with E-state index in [9.17, 15) is 9.90 Å². The minimum Gasteiger partial charge on any atom is -0.375 e. The molecule has 0 bridgehead atoms. The second-order valence-corrected chi connectivity index (χ2v) is 8.98. The van der Waals surface area contributed by atoms with E-state index in [1.54, 1.807) is 16.2 Å². The Morgan fingerprint density at radius 2 is 1.77 bits per heavy atom.